The van der Waals surface area contributed by atoms with Crippen molar-refractivity contribution in [2.45, 2.75) is 24.6 Å². The van der Waals surface area contributed by atoms with E-state index in [1.165, 1.54) is 18.2 Å². The number of hydrogen-bond donors (Lipinski definition) is 2. The van der Waals surface area contributed by atoms with Gasteiger partial charge in [-0.05, 0) is 38.4 Å². The van der Waals surface area contributed by atoms with Crippen molar-refractivity contribution in [3.05, 3.63) is 47.1 Å². The fourth-order valence-electron chi connectivity index (χ4n) is 5.25. The number of oxazole rings is 1. The van der Waals surface area contributed by atoms with Gasteiger partial charge in [0.2, 0.25) is 0 Å². The Hall–Kier alpha value is -3.44. The summed E-state index contributed by atoms with van der Waals surface area (Å²) in [6.07, 6.45) is 5.23. The summed E-state index contributed by atoms with van der Waals surface area (Å²) in [6, 6.07) is 8.50. The number of piperidine rings is 1. The van der Waals surface area contributed by atoms with Gasteiger partial charge in [0.1, 0.15) is 22.4 Å². The molecule has 1 atom stereocenters. The molecule has 6 rings (SSSR count). The van der Waals surface area contributed by atoms with Crippen LogP contribution in [0.25, 0.3) is 11.1 Å². The number of benzene rings is 1. The molecule has 1 unspecified atom stereocenters. The Morgan fingerprint density at radius 3 is 2.51 bits per heavy atom. The van der Waals surface area contributed by atoms with Crippen molar-refractivity contribution < 1.29 is 9.21 Å². The van der Waals surface area contributed by atoms with Gasteiger partial charge in [-0.2, -0.15) is 4.98 Å². The average Bonchev–Trinajstić information content (AvgIpc) is 3.54. The summed E-state index contributed by atoms with van der Waals surface area (Å²) in [5, 5.41) is 1.63. The molecule has 5 heterocycles. The zero-order valence-electron chi connectivity index (χ0n) is 21.0. The maximum atomic E-state index is 12.6. The van der Waals surface area contributed by atoms with Crippen LogP contribution in [-0.2, 0) is 4.79 Å². The molecule has 0 aliphatic carbocycles. The van der Waals surface area contributed by atoms with Crippen LogP contribution in [-0.4, -0.2) is 67.1 Å². The highest BCUT2D eigenvalue weighted by Gasteiger charge is 2.35. The highest BCUT2D eigenvalue weighted by Crippen LogP contribution is 2.49. The smallest absolute Gasteiger partial charge is 0.298 e. The van der Waals surface area contributed by atoms with Crippen molar-refractivity contribution in [3.8, 4) is 0 Å². The number of aromatic nitrogens is 2. The Kier molecular flexibility index (Phi) is 6.33. The quantitative estimate of drug-likeness (QED) is 0.519. The molecule has 3 aliphatic heterocycles. The summed E-state index contributed by atoms with van der Waals surface area (Å²) in [7, 11) is 2.13. The molecule has 0 saturated carbocycles. The van der Waals surface area contributed by atoms with Gasteiger partial charge in [-0.25, -0.2) is 4.98 Å². The number of carbonyl (C=O) groups is 1. The molecule has 11 heteroatoms. The van der Waals surface area contributed by atoms with Crippen LogP contribution in [0.4, 0.5) is 23.2 Å². The Morgan fingerprint density at radius 2 is 1.81 bits per heavy atom. The predicted molar refractivity (Wildman–Crippen MR) is 149 cm³/mol. The van der Waals surface area contributed by atoms with Crippen LogP contribution < -0.4 is 26.2 Å². The molecule has 0 radical (unpaired) electrons. The molecule has 3 aromatic rings. The number of nitrogens with two attached hydrogens (primary N) is 2. The summed E-state index contributed by atoms with van der Waals surface area (Å²) in [5.41, 5.74) is 16.6. The third-order valence-corrected chi connectivity index (χ3v) is 8.45. The van der Waals surface area contributed by atoms with Crippen LogP contribution in [0.5, 0.6) is 0 Å². The Labute approximate surface area is 220 Å². The molecule has 2 saturated heterocycles. The lowest BCUT2D eigenvalue weighted by atomic mass is 10.1. The third kappa shape index (κ3) is 4.57. The highest BCUT2D eigenvalue weighted by atomic mass is 32.2. The van der Waals surface area contributed by atoms with Crippen molar-refractivity contribution in [2.24, 2.45) is 5.73 Å². The number of hydrogen-bond acceptors (Lipinski definition) is 10. The molecule has 0 spiro atoms. The van der Waals surface area contributed by atoms with Crippen molar-refractivity contribution >= 4 is 52.0 Å². The number of nitrogen functional groups attached to an aromatic ring is 1. The second-order valence-electron chi connectivity index (χ2n) is 9.89. The number of likely N-dealkylation sites (N-methyl/N-ethyl adjacent to an activating group) is 1. The number of piperazine rings is 1. The first-order valence-corrected chi connectivity index (χ1v) is 13.7. The summed E-state index contributed by atoms with van der Waals surface area (Å²) in [6.45, 7) is 5.59. The molecular formula is C26H32N8O2S. The van der Waals surface area contributed by atoms with Gasteiger partial charge in [-0.3, -0.25) is 4.79 Å². The monoisotopic (exact) mass is 520 g/mol. The molecule has 37 heavy (non-hydrogen) atoms. The fourth-order valence-corrected chi connectivity index (χ4v) is 6.38. The average molecular weight is 521 g/mol. The van der Waals surface area contributed by atoms with Crippen LogP contribution in [0, 0.1) is 0 Å². The zero-order valence-corrected chi connectivity index (χ0v) is 21.8. The SMILES string of the molecule is CN1CCN(c2nc3cc(N4CCCCC4)c(N4C(C(N)=O)=CSC4c4ccc(N)nc4)cc3o2)CC1. The van der Waals surface area contributed by atoms with Crippen LogP contribution >= 0.6 is 11.8 Å². The molecule has 0 bridgehead atoms. The van der Waals surface area contributed by atoms with Crippen LogP contribution in [0.3, 0.4) is 0 Å². The minimum Gasteiger partial charge on any atom is -0.423 e. The second-order valence-corrected chi connectivity index (χ2v) is 10.8. The molecule has 1 amide bonds. The lowest BCUT2D eigenvalue weighted by Gasteiger charge is -2.35. The third-order valence-electron chi connectivity index (χ3n) is 7.35. The fraction of sp³-hybridized carbons (Fsp3) is 0.423. The number of amides is 1. The topological polar surface area (TPSA) is 121 Å². The van der Waals surface area contributed by atoms with Crippen molar-refractivity contribution in [2.75, 3.05) is 66.7 Å². The van der Waals surface area contributed by atoms with Crippen molar-refractivity contribution in [1.29, 1.82) is 0 Å². The van der Waals surface area contributed by atoms with E-state index in [1.807, 2.05) is 22.4 Å². The van der Waals surface area contributed by atoms with Gasteiger partial charge in [0.15, 0.2) is 5.58 Å². The van der Waals surface area contributed by atoms with E-state index in [0.29, 0.717) is 23.1 Å². The molecular weight excluding hydrogens is 488 g/mol. The highest BCUT2D eigenvalue weighted by molar-refractivity contribution is 8.02. The molecule has 3 aliphatic rings. The van der Waals surface area contributed by atoms with Gasteiger partial charge in [0.05, 0.1) is 11.4 Å². The van der Waals surface area contributed by atoms with Crippen LogP contribution in [0.2, 0.25) is 0 Å². The van der Waals surface area contributed by atoms with E-state index in [1.54, 1.807) is 12.3 Å². The lowest BCUT2D eigenvalue weighted by Crippen LogP contribution is -2.44. The summed E-state index contributed by atoms with van der Waals surface area (Å²) in [5.74, 6) is -0.0197. The molecule has 2 aromatic heterocycles. The van der Waals surface area contributed by atoms with Gasteiger partial charge in [0.25, 0.3) is 11.9 Å². The van der Waals surface area contributed by atoms with E-state index in [9.17, 15) is 4.79 Å². The van der Waals surface area contributed by atoms with E-state index in [4.69, 9.17) is 20.9 Å². The summed E-state index contributed by atoms with van der Waals surface area (Å²) >= 11 is 1.53. The standard InChI is InChI=1S/C26H32N8O2S/c1-31-9-11-33(12-10-31)26-30-18-13-19(32-7-3-2-4-8-32)20(14-22(18)36-26)34-21(24(28)35)16-37-25(34)17-5-6-23(27)29-15-17/h5-6,13-16,25H,2-4,7-12H2,1H3,(H2,27,29)(H2,28,35). The number of anilines is 4. The number of fused-ring (bicyclic) bond motifs is 1. The zero-order chi connectivity index (χ0) is 25.5. The number of primary amides is 1. The normalized spacial score (nSPS) is 21.1. The van der Waals surface area contributed by atoms with E-state index in [-0.39, 0.29) is 5.37 Å². The predicted octanol–water partition coefficient (Wildman–Crippen LogP) is 3.13. The number of thioether (sulfide) groups is 1. The first-order valence-electron chi connectivity index (χ1n) is 12.8. The maximum absolute atomic E-state index is 12.6. The number of nitrogens with zero attached hydrogens (tertiary/aromatic N) is 6. The number of pyridine rings is 1. The van der Waals surface area contributed by atoms with Gasteiger partial charge in [0, 0.05) is 62.5 Å². The van der Waals surface area contributed by atoms with E-state index < -0.39 is 5.91 Å². The molecule has 4 N–H and O–H groups in total. The van der Waals surface area contributed by atoms with E-state index in [2.05, 4.69) is 32.8 Å². The van der Waals surface area contributed by atoms with Crippen LogP contribution in [0.15, 0.2) is 46.0 Å². The molecule has 194 valence electrons. The minimum absolute atomic E-state index is 0.211. The maximum Gasteiger partial charge on any atom is 0.298 e. The first-order chi connectivity index (χ1) is 18.0. The van der Waals surface area contributed by atoms with E-state index in [0.717, 1.165) is 74.6 Å². The van der Waals surface area contributed by atoms with Gasteiger partial charge in [-0.15, -0.1) is 11.8 Å². The van der Waals surface area contributed by atoms with Gasteiger partial charge < -0.3 is 35.5 Å². The number of rotatable bonds is 5. The Balaban J connectivity index is 1.47. The summed E-state index contributed by atoms with van der Waals surface area (Å²) < 4.78 is 6.32. The van der Waals surface area contributed by atoms with Crippen LogP contribution in [0.1, 0.15) is 30.2 Å². The second kappa shape index (κ2) is 9.79. The largest absolute Gasteiger partial charge is 0.423 e. The van der Waals surface area contributed by atoms with Crippen molar-refractivity contribution in [1.82, 2.24) is 14.9 Å². The van der Waals surface area contributed by atoms with Gasteiger partial charge in [-0.1, -0.05) is 6.07 Å². The number of carbonyl (C=O) groups excluding carboxylic acids is 1. The van der Waals surface area contributed by atoms with Crippen molar-refractivity contribution in [3.63, 3.8) is 0 Å². The minimum atomic E-state index is -0.473. The molecule has 2 fully saturated rings. The van der Waals surface area contributed by atoms with Gasteiger partial charge >= 0.3 is 0 Å². The summed E-state index contributed by atoms with van der Waals surface area (Å²) in [4.78, 5) is 30.7. The lowest BCUT2D eigenvalue weighted by molar-refractivity contribution is -0.114. The Bertz CT molecular complexity index is 1330. The van der Waals surface area contributed by atoms with E-state index >= 15 is 0 Å². The molecule has 1 aromatic carbocycles. The first kappa shape index (κ1) is 23.9. The Morgan fingerprint density at radius 1 is 1.03 bits per heavy atom. The molecule has 10 nitrogen and oxygen atoms in total.